The number of nitrogens with zero attached hydrogens (tertiary/aromatic N) is 2. The van der Waals surface area contributed by atoms with Crippen LogP contribution in [-0.2, 0) is 11.3 Å². The lowest BCUT2D eigenvalue weighted by molar-refractivity contribution is -0.384. The van der Waals surface area contributed by atoms with Crippen LogP contribution >= 0.6 is 0 Å². The highest BCUT2D eigenvalue weighted by atomic mass is 16.7. The molecule has 0 spiro atoms. The van der Waals surface area contributed by atoms with Crippen molar-refractivity contribution in [1.29, 1.82) is 0 Å². The van der Waals surface area contributed by atoms with Crippen LogP contribution in [0.2, 0.25) is 0 Å². The van der Waals surface area contributed by atoms with E-state index in [9.17, 15) is 14.9 Å². The molecule has 9 nitrogen and oxygen atoms in total. The second-order valence-corrected chi connectivity index (χ2v) is 7.87. The molecule has 0 bridgehead atoms. The molecule has 2 aromatic carbocycles. The molecule has 0 unspecified atom stereocenters. The number of rotatable bonds is 7. The van der Waals surface area contributed by atoms with E-state index < -0.39 is 11.1 Å². The van der Waals surface area contributed by atoms with Crippen molar-refractivity contribution in [1.82, 2.24) is 5.16 Å². The van der Waals surface area contributed by atoms with Crippen molar-refractivity contribution in [3.8, 4) is 22.8 Å². The highest BCUT2D eigenvalue weighted by Crippen LogP contribution is 2.30. The third-order valence-corrected chi connectivity index (χ3v) is 5.54. The molecule has 0 saturated heterocycles. The first-order valence-corrected chi connectivity index (χ1v) is 10.8. The number of benzene rings is 2. The van der Waals surface area contributed by atoms with E-state index in [0.717, 1.165) is 24.2 Å². The Balaban J connectivity index is 1.37. The van der Waals surface area contributed by atoms with Crippen molar-refractivity contribution in [2.24, 2.45) is 0 Å². The lowest BCUT2D eigenvalue weighted by atomic mass is 9.98. The molecule has 1 fully saturated rings. The number of aromatic nitrogens is 1. The number of hydrogen-bond donors (Lipinski definition) is 0. The van der Waals surface area contributed by atoms with Gasteiger partial charge in [-0.3, -0.25) is 10.1 Å². The summed E-state index contributed by atoms with van der Waals surface area (Å²) < 4.78 is 21.8. The maximum atomic E-state index is 12.1. The predicted molar refractivity (Wildman–Crippen MR) is 118 cm³/mol. The van der Waals surface area contributed by atoms with E-state index >= 15 is 0 Å². The fraction of sp³-hybridized carbons (Fsp3) is 0.333. The fourth-order valence-electron chi connectivity index (χ4n) is 3.74. The van der Waals surface area contributed by atoms with Crippen molar-refractivity contribution in [3.05, 3.63) is 69.9 Å². The Morgan fingerprint density at radius 3 is 2.39 bits per heavy atom. The zero-order chi connectivity index (χ0) is 23.2. The van der Waals surface area contributed by atoms with Gasteiger partial charge < -0.3 is 18.7 Å². The van der Waals surface area contributed by atoms with Gasteiger partial charge in [0, 0.05) is 17.7 Å². The van der Waals surface area contributed by atoms with Gasteiger partial charge in [-0.1, -0.05) is 11.6 Å². The van der Waals surface area contributed by atoms with Crippen molar-refractivity contribution in [2.45, 2.75) is 51.7 Å². The number of ether oxygens (including phenoxy) is 3. The number of hydrogen-bond acceptors (Lipinski definition) is 8. The Labute approximate surface area is 190 Å². The van der Waals surface area contributed by atoms with Gasteiger partial charge in [-0.15, -0.1) is 0 Å². The monoisotopic (exact) mass is 452 g/mol. The number of carbonyl (C=O) groups excluding carboxylic acids is 1. The first-order valence-electron chi connectivity index (χ1n) is 10.8. The van der Waals surface area contributed by atoms with E-state index in [2.05, 4.69) is 5.16 Å². The second-order valence-electron chi connectivity index (χ2n) is 7.87. The molecule has 0 aliphatic heterocycles. The standard InChI is InChI=1S/C24H24N2O7/c1-16-22(15-30-24(27)32-21-13-9-18(10-14-21)26(28)29)23(33-25-16)17-7-11-20(12-8-17)31-19-5-3-2-4-6-19/h7-14,19H,2-6,15H2,1H3. The SMILES string of the molecule is Cc1noc(-c2ccc(OC3CCCCC3)cc2)c1COC(=O)Oc1ccc([N+](=O)[O-])cc1. The maximum Gasteiger partial charge on any atom is 0.514 e. The molecule has 0 radical (unpaired) electrons. The molecule has 0 atom stereocenters. The Hall–Kier alpha value is -3.88. The molecule has 1 aliphatic carbocycles. The molecule has 3 aromatic rings. The summed E-state index contributed by atoms with van der Waals surface area (Å²) in [7, 11) is 0. The van der Waals surface area contributed by atoms with Crippen LogP contribution in [0.3, 0.4) is 0 Å². The minimum atomic E-state index is -0.938. The average molecular weight is 452 g/mol. The van der Waals surface area contributed by atoms with Crippen LogP contribution in [0, 0.1) is 17.0 Å². The van der Waals surface area contributed by atoms with Gasteiger partial charge in [0.2, 0.25) is 0 Å². The number of nitro groups is 1. The summed E-state index contributed by atoms with van der Waals surface area (Å²) in [5.74, 6) is 1.45. The first kappa shape index (κ1) is 22.3. The Kier molecular flexibility index (Phi) is 6.87. The van der Waals surface area contributed by atoms with Crippen LogP contribution in [0.5, 0.6) is 11.5 Å². The van der Waals surface area contributed by atoms with Gasteiger partial charge in [0.1, 0.15) is 18.1 Å². The van der Waals surface area contributed by atoms with Gasteiger partial charge in [0.05, 0.1) is 22.3 Å². The van der Waals surface area contributed by atoms with E-state index in [-0.39, 0.29) is 24.1 Å². The average Bonchev–Trinajstić information content (AvgIpc) is 3.19. The molecule has 1 aromatic heterocycles. The van der Waals surface area contributed by atoms with Crippen LogP contribution in [0.4, 0.5) is 10.5 Å². The van der Waals surface area contributed by atoms with Crippen LogP contribution in [0.1, 0.15) is 43.4 Å². The van der Waals surface area contributed by atoms with Crippen molar-refractivity contribution in [3.63, 3.8) is 0 Å². The van der Waals surface area contributed by atoms with Crippen LogP contribution in [-0.4, -0.2) is 22.3 Å². The lowest BCUT2D eigenvalue weighted by Gasteiger charge is -2.23. The number of nitro benzene ring substituents is 1. The zero-order valence-corrected chi connectivity index (χ0v) is 18.2. The summed E-state index contributed by atoms with van der Waals surface area (Å²) in [6.45, 7) is 1.66. The quantitative estimate of drug-likeness (QED) is 0.186. The van der Waals surface area contributed by atoms with Gasteiger partial charge in [0.25, 0.3) is 5.69 Å². The lowest BCUT2D eigenvalue weighted by Crippen LogP contribution is -2.19. The van der Waals surface area contributed by atoms with Gasteiger partial charge in [-0.05, 0) is 69.0 Å². The minimum Gasteiger partial charge on any atom is -0.490 e. The summed E-state index contributed by atoms with van der Waals surface area (Å²) in [5.41, 5.74) is 1.90. The molecular formula is C24H24N2O7. The largest absolute Gasteiger partial charge is 0.514 e. The molecule has 4 rings (SSSR count). The fourth-order valence-corrected chi connectivity index (χ4v) is 3.74. The molecule has 172 valence electrons. The van der Waals surface area contributed by atoms with Crippen molar-refractivity contribution >= 4 is 11.8 Å². The van der Waals surface area contributed by atoms with Crippen molar-refractivity contribution in [2.75, 3.05) is 0 Å². The second kappa shape index (κ2) is 10.2. The van der Waals surface area contributed by atoms with E-state index in [1.54, 1.807) is 6.92 Å². The summed E-state index contributed by atoms with van der Waals surface area (Å²) in [5, 5.41) is 14.7. The van der Waals surface area contributed by atoms with E-state index in [1.807, 2.05) is 24.3 Å². The van der Waals surface area contributed by atoms with E-state index in [0.29, 0.717) is 17.0 Å². The first-order chi connectivity index (χ1) is 16.0. The molecule has 1 aliphatic rings. The highest BCUT2D eigenvalue weighted by molar-refractivity contribution is 5.66. The van der Waals surface area contributed by atoms with E-state index in [1.165, 1.54) is 43.5 Å². The number of aryl methyl sites for hydroxylation is 1. The summed E-state index contributed by atoms with van der Waals surface area (Å²) in [6, 6.07) is 12.7. The maximum absolute atomic E-state index is 12.1. The Morgan fingerprint density at radius 1 is 1.06 bits per heavy atom. The Morgan fingerprint density at radius 2 is 1.73 bits per heavy atom. The minimum absolute atomic E-state index is 0.100. The Bertz CT molecular complexity index is 1100. The normalized spacial score (nSPS) is 14.0. The van der Waals surface area contributed by atoms with Crippen LogP contribution < -0.4 is 9.47 Å². The summed E-state index contributed by atoms with van der Waals surface area (Å²) >= 11 is 0. The van der Waals surface area contributed by atoms with Crippen LogP contribution in [0.25, 0.3) is 11.3 Å². The highest BCUT2D eigenvalue weighted by Gasteiger charge is 2.19. The number of carbonyl (C=O) groups is 1. The topological polar surface area (TPSA) is 114 Å². The number of non-ortho nitro benzene ring substituents is 1. The van der Waals surface area contributed by atoms with Crippen molar-refractivity contribution < 1.29 is 28.5 Å². The van der Waals surface area contributed by atoms with Gasteiger partial charge >= 0.3 is 6.16 Å². The van der Waals surface area contributed by atoms with Gasteiger partial charge in [-0.25, -0.2) is 4.79 Å². The van der Waals surface area contributed by atoms with E-state index in [4.69, 9.17) is 18.7 Å². The van der Waals surface area contributed by atoms with Gasteiger partial charge in [-0.2, -0.15) is 0 Å². The van der Waals surface area contributed by atoms with Crippen LogP contribution in [0.15, 0.2) is 53.1 Å². The molecule has 9 heteroatoms. The van der Waals surface area contributed by atoms with Gasteiger partial charge in [0.15, 0.2) is 5.76 Å². The predicted octanol–water partition coefficient (Wildman–Crippen LogP) is 5.99. The molecule has 1 heterocycles. The smallest absolute Gasteiger partial charge is 0.490 e. The molecule has 1 saturated carbocycles. The third-order valence-electron chi connectivity index (χ3n) is 5.54. The molecule has 33 heavy (non-hydrogen) atoms. The summed E-state index contributed by atoms with van der Waals surface area (Å²) in [4.78, 5) is 22.2. The molecule has 0 N–H and O–H groups in total. The summed E-state index contributed by atoms with van der Waals surface area (Å²) in [6.07, 6.45) is 5.18. The molecule has 0 amide bonds. The zero-order valence-electron chi connectivity index (χ0n) is 18.2. The third kappa shape index (κ3) is 5.68. The molecular weight excluding hydrogens is 428 g/mol.